The summed E-state index contributed by atoms with van der Waals surface area (Å²) in [7, 11) is 0. The van der Waals surface area contributed by atoms with Crippen molar-refractivity contribution in [2.24, 2.45) is 5.73 Å². The van der Waals surface area contributed by atoms with Gasteiger partial charge in [0.05, 0.1) is 6.54 Å². The van der Waals surface area contributed by atoms with Crippen LogP contribution in [-0.2, 0) is 6.54 Å². The first kappa shape index (κ1) is 17.5. The number of benzene rings is 1. The second kappa shape index (κ2) is 7.39. The third-order valence-electron chi connectivity index (χ3n) is 3.69. The van der Waals surface area contributed by atoms with Gasteiger partial charge in [-0.1, -0.05) is 23.5 Å². The summed E-state index contributed by atoms with van der Waals surface area (Å²) in [5, 5.41) is 28.8. The standard InChI is InChI=1S/C16H14FN7OS2/c17-12-9(2-1-3-10(12)25)8-24-6-4-11(23-24)20-16-22-21-15(27-16)13(18)14-19-5-7-26-14/h1-7,13,25H,8,18H2,(H,20,22,23). The van der Waals surface area contributed by atoms with E-state index in [0.717, 1.165) is 5.01 Å². The minimum atomic E-state index is -0.646. The van der Waals surface area contributed by atoms with Gasteiger partial charge in [-0.05, 0) is 6.07 Å². The third kappa shape index (κ3) is 3.79. The van der Waals surface area contributed by atoms with E-state index in [2.05, 4.69) is 25.6 Å². The SMILES string of the molecule is NC(c1nccs1)c1nnc(Nc2ccn(Cc3cccc(O)c3F)n2)s1. The molecule has 0 amide bonds. The molecule has 0 aliphatic heterocycles. The highest BCUT2D eigenvalue weighted by atomic mass is 32.1. The van der Waals surface area contributed by atoms with Crippen molar-refractivity contribution < 1.29 is 9.50 Å². The van der Waals surface area contributed by atoms with E-state index >= 15 is 0 Å². The maximum absolute atomic E-state index is 13.9. The number of halogens is 1. The largest absolute Gasteiger partial charge is 0.505 e. The maximum Gasteiger partial charge on any atom is 0.211 e. The van der Waals surface area contributed by atoms with Gasteiger partial charge in [-0.3, -0.25) is 4.68 Å². The van der Waals surface area contributed by atoms with Gasteiger partial charge in [0.1, 0.15) is 16.1 Å². The Morgan fingerprint density at radius 3 is 2.96 bits per heavy atom. The molecule has 0 bridgehead atoms. The molecule has 4 rings (SSSR count). The lowest BCUT2D eigenvalue weighted by molar-refractivity contribution is 0.426. The lowest BCUT2D eigenvalue weighted by Gasteiger charge is -2.05. The van der Waals surface area contributed by atoms with Crippen molar-refractivity contribution in [3.05, 3.63) is 63.4 Å². The Bertz CT molecular complexity index is 1050. The first-order valence-corrected chi connectivity index (χ1v) is 9.55. The van der Waals surface area contributed by atoms with Crippen LogP contribution < -0.4 is 11.1 Å². The maximum atomic E-state index is 13.9. The third-order valence-corrected chi connectivity index (χ3v) is 5.47. The van der Waals surface area contributed by atoms with Crippen LogP contribution in [0.4, 0.5) is 15.3 Å². The predicted octanol–water partition coefficient (Wildman–Crippen LogP) is 2.88. The number of anilines is 2. The van der Waals surface area contributed by atoms with E-state index in [-0.39, 0.29) is 12.3 Å². The van der Waals surface area contributed by atoms with Crippen LogP contribution in [0.2, 0.25) is 0 Å². The number of phenols is 1. The smallest absolute Gasteiger partial charge is 0.211 e. The number of nitrogens with one attached hydrogen (secondary N) is 1. The Labute approximate surface area is 161 Å². The quantitative estimate of drug-likeness (QED) is 0.453. The number of hydrogen-bond acceptors (Lipinski definition) is 9. The molecule has 3 heterocycles. The van der Waals surface area contributed by atoms with Crippen molar-refractivity contribution >= 4 is 33.6 Å². The van der Waals surface area contributed by atoms with E-state index in [1.54, 1.807) is 35.3 Å². The van der Waals surface area contributed by atoms with Gasteiger partial charge in [-0.15, -0.1) is 21.5 Å². The molecule has 1 unspecified atom stereocenters. The number of phenolic OH excluding ortho intramolecular Hbond substituents is 1. The first-order valence-electron chi connectivity index (χ1n) is 7.85. The summed E-state index contributed by atoms with van der Waals surface area (Å²) in [6, 6.07) is 5.82. The molecule has 11 heteroatoms. The van der Waals surface area contributed by atoms with Crippen LogP contribution in [0.1, 0.15) is 21.6 Å². The summed E-state index contributed by atoms with van der Waals surface area (Å²) < 4.78 is 15.5. The second-order valence-corrected chi connectivity index (χ2v) is 7.50. The molecule has 0 spiro atoms. The Morgan fingerprint density at radius 2 is 2.15 bits per heavy atom. The average molecular weight is 403 g/mol. The van der Waals surface area contributed by atoms with E-state index in [9.17, 15) is 9.50 Å². The van der Waals surface area contributed by atoms with E-state index in [0.29, 0.717) is 21.5 Å². The van der Waals surface area contributed by atoms with E-state index < -0.39 is 11.9 Å². The van der Waals surface area contributed by atoms with Gasteiger partial charge < -0.3 is 16.2 Å². The molecule has 1 aromatic carbocycles. The van der Waals surface area contributed by atoms with Crippen LogP contribution in [-0.4, -0.2) is 30.1 Å². The van der Waals surface area contributed by atoms with Crippen molar-refractivity contribution in [3.8, 4) is 5.75 Å². The zero-order valence-electron chi connectivity index (χ0n) is 13.8. The second-order valence-electron chi connectivity index (χ2n) is 5.57. The predicted molar refractivity (Wildman–Crippen MR) is 101 cm³/mol. The molecular formula is C16H14FN7OS2. The topological polar surface area (TPSA) is 115 Å². The minimum Gasteiger partial charge on any atom is -0.505 e. The van der Waals surface area contributed by atoms with Gasteiger partial charge in [-0.2, -0.15) is 5.10 Å². The van der Waals surface area contributed by atoms with Crippen molar-refractivity contribution in [1.82, 2.24) is 25.0 Å². The van der Waals surface area contributed by atoms with Gasteiger partial charge in [-0.25, -0.2) is 9.37 Å². The normalized spacial score (nSPS) is 12.2. The van der Waals surface area contributed by atoms with Crippen LogP contribution >= 0.6 is 22.7 Å². The molecule has 0 fully saturated rings. The summed E-state index contributed by atoms with van der Waals surface area (Å²) in [6.45, 7) is 0.193. The molecular weight excluding hydrogens is 389 g/mol. The van der Waals surface area contributed by atoms with Crippen LogP contribution in [0.5, 0.6) is 5.75 Å². The van der Waals surface area contributed by atoms with E-state index in [4.69, 9.17) is 5.73 Å². The van der Waals surface area contributed by atoms with E-state index in [1.165, 1.54) is 28.7 Å². The number of nitrogens with two attached hydrogens (primary N) is 1. The molecule has 0 radical (unpaired) electrons. The van der Waals surface area contributed by atoms with Crippen LogP contribution in [0.3, 0.4) is 0 Å². The summed E-state index contributed by atoms with van der Waals surface area (Å²) in [5.41, 5.74) is 6.48. The highest BCUT2D eigenvalue weighted by molar-refractivity contribution is 7.15. The fourth-order valence-electron chi connectivity index (χ4n) is 2.39. The monoisotopic (exact) mass is 403 g/mol. The van der Waals surface area contributed by atoms with E-state index in [1.807, 2.05) is 5.38 Å². The zero-order valence-corrected chi connectivity index (χ0v) is 15.4. The minimum absolute atomic E-state index is 0.193. The summed E-state index contributed by atoms with van der Waals surface area (Å²) in [5.74, 6) is -0.482. The van der Waals surface area contributed by atoms with Gasteiger partial charge in [0, 0.05) is 29.4 Å². The number of aromatic hydroxyl groups is 1. The van der Waals surface area contributed by atoms with Crippen molar-refractivity contribution in [3.63, 3.8) is 0 Å². The Kier molecular flexibility index (Phi) is 4.79. The van der Waals surface area contributed by atoms with Gasteiger partial charge in [0.2, 0.25) is 5.13 Å². The molecule has 0 saturated heterocycles. The molecule has 27 heavy (non-hydrogen) atoms. The van der Waals surface area contributed by atoms with Gasteiger partial charge >= 0.3 is 0 Å². The Hall–Kier alpha value is -2.89. The molecule has 1 atom stereocenters. The molecule has 3 aromatic heterocycles. The summed E-state index contributed by atoms with van der Waals surface area (Å²) in [4.78, 5) is 4.19. The zero-order chi connectivity index (χ0) is 18.8. The molecule has 4 aromatic rings. The number of hydrogen-bond donors (Lipinski definition) is 3. The fraction of sp³-hybridized carbons (Fsp3) is 0.125. The molecule has 4 N–H and O–H groups in total. The molecule has 0 saturated carbocycles. The Balaban J connectivity index is 1.45. The van der Waals surface area contributed by atoms with Gasteiger partial charge in [0.25, 0.3) is 0 Å². The van der Waals surface area contributed by atoms with Gasteiger partial charge in [0.15, 0.2) is 17.4 Å². The number of rotatable bonds is 6. The van der Waals surface area contributed by atoms with Crippen LogP contribution in [0, 0.1) is 5.82 Å². The highest BCUT2D eigenvalue weighted by Crippen LogP contribution is 2.27. The number of aromatic nitrogens is 5. The summed E-state index contributed by atoms with van der Waals surface area (Å²) >= 11 is 2.78. The average Bonchev–Trinajstić information content (AvgIpc) is 3.41. The fourth-order valence-corrected chi connectivity index (χ4v) is 3.86. The lowest BCUT2D eigenvalue weighted by atomic mass is 10.2. The lowest BCUT2D eigenvalue weighted by Crippen LogP contribution is -2.10. The number of thiazole rings is 1. The Morgan fingerprint density at radius 1 is 1.26 bits per heavy atom. The number of nitrogens with zero attached hydrogens (tertiary/aromatic N) is 5. The first-order chi connectivity index (χ1) is 13.1. The molecule has 0 aliphatic rings. The summed E-state index contributed by atoms with van der Waals surface area (Å²) in [6.07, 6.45) is 3.40. The van der Waals surface area contributed by atoms with Crippen molar-refractivity contribution in [2.75, 3.05) is 5.32 Å². The molecule has 8 nitrogen and oxygen atoms in total. The highest BCUT2D eigenvalue weighted by Gasteiger charge is 2.17. The molecule has 0 aliphatic carbocycles. The van der Waals surface area contributed by atoms with Crippen LogP contribution in [0.15, 0.2) is 42.0 Å². The van der Waals surface area contributed by atoms with Crippen molar-refractivity contribution in [2.45, 2.75) is 12.6 Å². The van der Waals surface area contributed by atoms with Crippen LogP contribution in [0.25, 0.3) is 0 Å². The van der Waals surface area contributed by atoms with Crippen molar-refractivity contribution in [1.29, 1.82) is 0 Å². The molecule has 138 valence electrons.